The van der Waals surface area contributed by atoms with Crippen LogP contribution in [0.4, 0.5) is 0 Å². The molecule has 2 fully saturated rings. The van der Waals surface area contributed by atoms with E-state index in [1.807, 2.05) is 0 Å². The van der Waals surface area contributed by atoms with Crippen molar-refractivity contribution in [2.24, 2.45) is 11.1 Å². The molecule has 0 aromatic rings. The minimum Gasteiger partial charge on any atom is -0.370 e. The largest absolute Gasteiger partial charge is 0.370 e. The van der Waals surface area contributed by atoms with Gasteiger partial charge in [0, 0.05) is 13.0 Å². The molecule has 11 heavy (non-hydrogen) atoms. The van der Waals surface area contributed by atoms with Crippen LogP contribution in [0.5, 0.6) is 0 Å². The molecule has 0 saturated carbocycles. The smallest absolute Gasteiger partial charge is 0.218 e. The van der Waals surface area contributed by atoms with E-state index >= 15 is 0 Å². The number of hydrogen-bond acceptors (Lipinski definition) is 2. The third-order valence-electron chi connectivity index (χ3n) is 3.02. The van der Waals surface area contributed by atoms with E-state index in [-0.39, 0.29) is 11.3 Å². The molecule has 0 aromatic heterocycles. The molecule has 62 valence electrons. The molecule has 2 N–H and O–H groups in total. The molecule has 0 aliphatic carbocycles. The van der Waals surface area contributed by atoms with Crippen molar-refractivity contribution in [2.45, 2.75) is 19.3 Å². The van der Waals surface area contributed by atoms with Crippen LogP contribution in [0.15, 0.2) is 0 Å². The fourth-order valence-electron chi connectivity index (χ4n) is 2.42. The molecular formula is C8H14N2O. The van der Waals surface area contributed by atoms with Gasteiger partial charge in [-0.2, -0.15) is 0 Å². The van der Waals surface area contributed by atoms with Gasteiger partial charge in [-0.25, -0.2) is 0 Å². The standard InChI is InChI=1S/C8H14N2O/c9-7(11)5-8-1-3-10(6-8)4-2-8/h1-6H2,(H2,9,11). The van der Waals surface area contributed by atoms with Crippen molar-refractivity contribution in [1.82, 2.24) is 4.90 Å². The minimum atomic E-state index is -0.131. The number of carbonyl (C=O) groups excluding carboxylic acids is 1. The Balaban J connectivity index is 2.05. The van der Waals surface area contributed by atoms with E-state index in [9.17, 15) is 4.79 Å². The second-order valence-corrected chi connectivity index (χ2v) is 3.92. The molecule has 2 heterocycles. The summed E-state index contributed by atoms with van der Waals surface area (Å²) in [5.41, 5.74) is 5.48. The van der Waals surface area contributed by atoms with Crippen molar-refractivity contribution in [1.29, 1.82) is 0 Å². The maximum atomic E-state index is 10.7. The predicted molar refractivity (Wildman–Crippen MR) is 41.9 cm³/mol. The first-order valence-corrected chi connectivity index (χ1v) is 4.21. The number of amides is 1. The summed E-state index contributed by atoms with van der Waals surface area (Å²) >= 11 is 0. The Morgan fingerprint density at radius 1 is 1.45 bits per heavy atom. The zero-order valence-corrected chi connectivity index (χ0v) is 6.68. The van der Waals surface area contributed by atoms with Gasteiger partial charge in [-0.15, -0.1) is 0 Å². The number of primary amides is 1. The van der Waals surface area contributed by atoms with Crippen LogP contribution in [-0.2, 0) is 4.79 Å². The lowest BCUT2D eigenvalue weighted by Crippen LogP contribution is -2.26. The average Bonchev–Trinajstić information content (AvgIpc) is 2.43. The van der Waals surface area contributed by atoms with Gasteiger partial charge in [0.1, 0.15) is 0 Å². The maximum Gasteiger partial charge on any atom is 0.218 e. The van der Waals surface area contributed by atoms with E-state index < -0.39 is 0 Å². The number of rotatable bonds is 2. The molecule has 0 spiro atoms. The number of fused-ring (bicyclic) bond motifs is 2. The van der Waals surface area contributed by atoms with E-state index in [4.69, 9.17) is 5.73 Å². The average molecular weight is 154 g/mol. The molecule has 2 saturated heterocycles. The van der Waals surface area contributed by atoms with E-state index in [2.05, 4.69) is 4.90 Å². The Hall–Kier alpha value is -0.570. The highest BCUT2D eigenvalue weighted by Gasteiger charge is 2.44. The number of hydrogen-bond donors (Lipinski definition) is 1. The normalized spacial score (nSPS) is 41.3. The lowest BCUT2D eigenvalue weighted by atomic mass is 9.81. The van der Waals surface area contributed by atoms with Crippen LogP contribution in [0.3, 0.4) is 0 Å². The van der Waals surface area contributed by atoms with Crippen LogP contribution >= 0.6 is 0 Å². The van der Waals surface area contributed by atoms with Crippen molar-refractivity contribution >= 4 is 5.91 Å². The minimum absolute atomic E-state index is 0.131. The summed E-state index contributed by atoms with van der Waals surface area (Å²) in [4.78, 5) is 13.2. The van der Waals surface area contributed by atoms with E-state index in [1.54, 1.807) is 0 Å². The van der Waals surface area contributed by atoms with Gasteiger partial charge in [-0.05, 0) is 31.3 Å². The summed E-state index contributed by atoms with van der Waals surface area (Å²) in [6, 6.07) is 0. The highest BCUT2D eigenvalue weighted by molar-refractivity contribution is 5.74. The van der Waals surface area contributed by atoms with Gasteiger partial charge in [0.15, 0.2) is 0 Å². The zero-order chi connectivity index (χ0) is 7.90. The number of nitrogens with two attached hydrogens (primary N) is 1. The fraction of sp³-hybridized carbons (Fsp3) is 0.875. The van der Waals surface area contributed by atoms with Gasteiger partial charge >= 0.3 is 0 Å². The van der Waals surface area contributed by atoms with E-state index in [0.29, 0.717) is 6.42 Å². The van der Waals surface area contributed by atoms with Crippen LogP contribution in [-0.4, -0.2) is 30.4 Å². The predicted octanol–water partition coefficient (Wildman–Crippen LogP) is -0.0424. The molecular weight excluding hydrogens is 140 g/mol. The highest BCUT2D eigenvalue weighted by Crippen LogP contribution is 2.42. The Kier molecular flexibility index (Phi) is 1.42. The molecule has 2 rings (SSSR count). The molecule has 1 amide bonds. The molecule has 2 aliphatic heterocycles. The molecule has 2 bridgehead atoms. The van der Waals surface area contributed by atoms with Crippen LogP contribution in [0, 0.1) is 5.41 Å². The Labute approximate surface area is 66.5 Å². The lowest BCUT2D eigenvalue weighted by Gasteiger charge is -2.22. The second kappa shape index (κ2) is 2.21. The van der Waals surface area contributed by atoms with Crippen molar-refractivity contribution in [3.8, 4) is 0 Å². The monoisotopic (exact) mass is 154 g/mol. The zero-order valence-electron chi connectivity index (χ0n) is 6.68. The molecule has 2 aliphatic rings. The summed E-state index contributed by atoms with van der Waals surface area (Å²) in [5.74, 6) is -0.131. The lowest BCUT2D eigenvalue weighted by molar-refractivity contribution is -0.120. The summed E-state index contributed by atoms with van der Waals surface area (Å²) in [5, 5.41) is 0. The van der Waals surface area contributed by atoms with E-state index in [0.717, 1.165) is 6.54 Å². The van der Waals surface area contributed by atoms with Crippen LogP contribution in [0.2, 0.25) is 0 Å². The summed E-state index contributed by atoms with van der Waals surface area (Å²) < 4.78 is 0. The quantitative estimate of drug-likeness (QED) is 0.606. The van der Waals surface area contributed by atoms with Gasteiger partial charge in [0.25, 0.3) is 0 Å². The van der Waals surface area contributed by atoms with Crippen molar-refractivity contribution in [3.63, 3.8) is 0 Å². The first-order valence-electron chi connectivity index (χ1n) is 4.21. The van der Waals surface area contributed by atoms with Crippen LogP contribution in [0.1, 0.15) is 19.3 Å². The number of piperidine rings is 1. The fourth-order valence-corrected chi connectivity index (χ4v) is 2.42. The van der Waals surface area contributed by atoms with Gasteiger partial charge in [-0.1, -0.05) is 0 Å². The SMILES string of the molecule is NC(=O)CC12CCN(CC1)C2. The van der Waals surface area contributed by atoms with Gasteiger partial charge in [-0.3, -0.25) is 4.79 Å². The van der Waals surface area contributed by atoms with Crippen molar-refractivity contribution < 1.29 is 4.79 Å². The first-order chi connectivity index (χ1) is 5.20. The van der Waals surface area contributed by atoms with E-state index in [1.165, 1.54) is 25.9 Å². The third-order valence-corrected chi connectivity index (χ3v) is 3.02. The Morgan fingerprint density at radius 3 is 2.45 bits per heavy atom. The van der Waals surface area contributed by atoms with Crippen molar-refractivity contribution in [2.75, 3.05) is 19.6 Å². The maximum absolute atomic E-state index is 10.7. The molecule has 3 heteroatoms. The topological polar surface area (TPSA) is 46.3 Å². The molecule has 0 aromatic carbocycles. The first kappa shape index (κ1) is 7.10. The van der Waals surface area contributed by atoms with Gasteiger partial charge < -0.3 is 10.6 Å². The molecule has 3 nitrogen and oxygen atoms in total. The van der Waals surface area contributed by atoms with Crippen LogP contribution in [0.25, 0.3) is 0 Å². The molecule has 0 atom stereocenters. The molecule has 0 radical (unpaired) electrons. The number of carbonyl (C=O) groups is 1. The summed E-state index contributed by atoms with van der Waals surface area (Å²) in [6.07, 6.45) is 2.95. The van der Waals surface area contributed by atoms with Crippen molar-refractivity contribution in [3.05, 3.63) is 0 Å². The van der Waals surface area contributed by atoms with Gasteiger partial charge in [0.2, 0.25) is 5.91 Å². The van der Waals surface area contributed by atoms with Crippen LogP contribution < -0.4 is 5.73 Å². The van der Waals surface area contributed by atoms with Gasteiger partial charge in [0.05, 0.1) is 0 Å². The Bertz CT molecular complexity index is 183. The highest BCUT2D eigenvalue weighted by atomic mass is 16.1. The molecule has 0 unspecified atom stereocenters. The Morgan fingerprint density at radius 2 is 2.09 bits per heavy atom. The second-order valence-electron chi connectivity index (χ2n) is 3.92. The third kappa shape index (κ3) is 1.13. The summed E-state index contributed by atoms with van der Waals surface area (Å²) in [6.45, 7) is 3.45. The summed E-state index contributed by atoms with van der Waals surface area (Å²) in [7, 11) is 0. The number of nitrogens with zero attached hydrogens (tertiary/aromatic N) is 1.